The van der Waals surface area contributed by atoms with Crippen molar-refractivity contribution in [2.45, 2.75) is 52.5 Å². The zero-order valence-corrected chi connectivity index (χ0v) is 14.3. The van der Waals surface area contributed by atoms with Crippen LogP contribution in [0.2, 0.25) is 0 Å². The first-order valence-electron chi connectivity index (χ1n) is 8.63. The van der Waals surface area contributed by atoms with Crippen molar-refractivity contribution in [3.63, 3.8) is 0 Å². The maximum Gasteiger partial charge on any atom is 0.0391 e. The Kier molecular flexibility index (Phi) is 6.25. The number of hydrogen-bond acceptors (Lipinski definition) is 2. The molecule has 1 N–H and O–H groups in total. The molecule has 0 saturated carbocycles. The second-order valence-electron chi connectivity index (χ2n) is 6.65. The minimum Gasteiger partial charge on any atom is -0.319 e. The molecule has 2 unspecified atom stereocenters. The Morgan fingerprint density at radius 3 is 2.71 bits per heavy atom. The van der Waals surface area contributed by atoms with Crippen LogP contribution >= 0.6 is 0 Å². The smallest absolute Gasteiger partial charge is 0.0391 e. The fraction of sp³-hybridized carbons (Fsp3) is 0.684. The lowest BCUT2D eigenvalue weighted by atomic mass is 9.86. The Bertz CT molecular complexity index is 425. The van der Waals surface area contributed by atoms with Crippen LogP contribution in [0, 0.1) is 19.8 Å². The second-order valence-corrected chi connectivity index (χ2v) is 6.65. The fourth-order valence-corrected chi connectivity index (χ4v) is 3.94. The molecule has 1 aromatic rings. The van der Waals surface area contributed by atoms with Crippen LogP contribution in [0.3, 0.4) is 0 Å². The topological polar surface area (TPSA) is 15.3 Å². The van der Waals surface area contributed by atoms with Crippen molar-refractivity contribution in [3.05, 3.63) is 34.9 Å². The SMILES string of the molecule is CCCN1CCCCC(CNC)C1c1ccc(C)cc1C. The van der Waals surface area contributed by atoms with E-state index in [1.165, 1.54) is 49.9 Å². The number of hydrogen-bond donors (Lipinski definition) is 1. The molecule has 1 aliphatic rings. The first-order valence-corrected chi connectivity index (χ1v) is 8.63. The number of benzene rings is 1. The highest BCUT2D eigenvalue weighted by atomic mass is 15.2. The average molecular weight is 288 g/mol. The summed E-state index contributed by atoms with van der Waals surface area (Å²) in [7, 11) is 2.09. The molecule has 0 aliphatic carbocycles. The summed E-state index contributed by atoms with van der Waals surface area (Å²) in [6.07, 6.45) is 5.31. The summed E-state index contributed by atoms with van der Waals surface area (Å²) in [5.74, 6) is 0.727. The van der Waals surface area contributed by atoms with Crippen molar-refractivity contribution in [3.8, 4) is 0 Å². The molecule has 0 spiro atoms. The van der Waals surface area contributed by atoms with Crippen molar-refractivity contribution in [2.75, 3.05) is 26.7 Å². The van der Waals surface area contributed by atoms with Crippen LogP contribution < -0.4 is 5.32 Å². The normalized spacial score (nSPS) is 24.0. The molecule has 21 heavy (non-hydrogen) atoms. The van der Waals surface area contributed by atoms with Crippen molar-refractivity contribution in [1.29, 1.82) is 0 Å². The molecule has 1 saturated heterocycles. The summed E-state index contributed by atoms with van der Waals surface area (Å²) in [6, 6.07) is 7.60. The zero-order valence-electron chi connectivity index (χ0n) is 14.3. The number of nitrogens with zero attached hydrogens (tertiary/aromatic N) is 1. The number of rotatable bonds is 5. The van der Waals surface area contributed by atoms with Crippen molar-refractivity contribution < 1.29 is 0 Å². The van der Waals surface area contributed by atoms with Gasteiger partial charge in [0.25, 0.3) is 0 Å². The molecular formula is C19H32N2. The van der Waals surface area contributed by atoms with Gasteiger partial charge in [-0.1, -0.05) is 37.1 Å². The summed E-state index contributed by atoms with van der Waals surface area (Å²) < 4.78 is 0. The van der Waals surface area contributed by atoms with Gasteiger partial charge in [-0.25, -0.2) is 0 Å². The molecule has 0 amide bonds. The Balaban J connectivity index is 2.37. The highest BCUT2D eigenvalue weighted by molar-refractivity contribution is 5.33. The molecule has 0 bridgehead atoms. The average Bonchev–Trinajstić information content (AvgIpc) is 2.63. The van der Waals surface area contributed by atoms with E-state index < -0.39 is 0 Å². The van der Waals surface area contributed by atoms with Gasteiger partial charge < -0.3 is 5.32 Å². The van der Waals surface area contributed by atoms with Crippen molar-refractivity contribution >= 4 is 0 Å². The Morgan fingerprint density at radius 2 is 2.05 bits per heavy atom. The van der Waals surface area contributed by atoms with Gasteiger partial charge in [-0.3, -0.25) is 4.90 Å². The Labute approximate surface area is 130 Å². The van der Waals surface area contributed by atoms with Gasteiger partial charge in [0.2, 0.25) is 0 Å². The maximum absolute atomic E-state index is 3.43. The van der Waals surface area contributed by atoms with E-state index in [0.29, 0.717) is 6.04 Å². The van der Waals surface area contributed by atoms with Crippen LogP contribution in [-0.2, 0) is 0 Å². The van der Waals surface area contributed by atoms with E-state index in [4.69, 9.17) is 0 Å². The number of likely N-dealkylation sites (tertiary alicyclic amines) is 1. The molecular weight excluding hydrogens is 256 g/mol. The second kappa shape index (κ2) is 7.95. The highest BCUT2D eigenvalue weighted by Gasteiger charge is 2.31. The van der Waals surface area contributed by atoms with E-state index in [-0.39, 0.29) is 0 Å². The highest BCUT2D eigenvalue weighted by Crippen LogP contribution is 2.36. The van der Waals surface area contributed by atoms with Crippen LogP contribution in [0.1, 0.15) is 55.3 Å². The van der Waals surface area contributed by atoms with Gasteiger partial charge in [-0.05, 0) is 76.8 Å². The Hall–Kier alpha value is -0.860. The Morgan fingerprint density at radius 1 is 1.24 bits per heavy atom. The predicted molar refractivity (Wildman–Crippen MR) is 91.8 cm³/mol. The van der Waals surface area contributed by atoms with Crippen molar-refractivity contribution in [1.82, 2.24) is 10.2 Å². The van der Waals surface area contributed by atoms with Gasteiger partial charge in [-0.2, -0.15) is 0 Å². The molecule has 1 aliphatic heterocycles. The first kappa shape index (κ1) is 16.5. The molecule has 118 valence electrons. The first-order chi connectivity index (χ1) is 10.2. The fourth-order valence-electron chi connectivity index (χ4n) is 3.94. The van der Waals surface area contributed by atoms with E-state index >= 15 is 0 Å². The lowest BCUT2D eigenvalue weighted by Crippen LogP contribution is -2.37. The largest absolute Gasteiger partial charge is 0.319 e. The van der Waals surface area contributed by atoms with Gasteiger partial charge in [0, 0.05) is 6.04 Å². The minimum atomic E-state index is 0.584. The van der Waals surface area contributed by atoms with Crippen LogP contribution in [0.25, 0.3) is 0 Å². The third kappa shape index (κ3) is 4.08. The van der Waals surface area contributed by atoms with E-state index in [0.717, 1.165) is 12.5 Å². The molecule has 1 fully saturated rings. The van der Waals surface area contributed by atoms with Crippen LogP contribution in [0.4, 0.5) is 0 Å². The standard InChI is InChI=1S/C19H32N2/c1-5-11-21-12-7-6-8-17(14-20-4)19(21)18-10-9-15(2)13-16(18)3/h9-10,13,17,19-20H,5-8,11-12,14H2,1-4H3. The third-order valence-electron chi connectivity index (χ3n) is 4.83. The van der Waals surface area contributed by atoms with Crippen molar-refractivity contribution in [2.24, 2.45) is 5.92 Å². The van der Waals surface area contributed by atoms with Crippen LogP contribution in [-0.4, -0.2) is 31.6 Å². The summed E-state index contributed by atoms with van der Waals surface area (Å²) in [4.78, 5) is 2.74. The molecule has 2 rings (SSSR count). The van der Waals surface area contributed by atoms with E-state index in [1.54, 1.807) is 5.56 Å². The summed E-state index contributed by atoms with van der Waals surface area (Å²) in [5.41, 5.74) is 4.39. The number of nitrogens with one attached hydrogen (secondary N) is 1. The third-order valence-corrected chi connectivity index (χ3v) is 4.83. The predicted octanol–water partition coefficient (Wildman–Crippen LogP) is 4.08. The van der Waals surface area contributed by atoms with E-state index in [2.05, 4.69) is 56.2 Å². The lowest BCUT2D eigenvalue weighted by Gasteiger charge is -2.36. The summed E-state index contributed by atoms with van der Waals surface area (Å²) in [6.45, 7) is 10.4. The quantitative estimate of drug-likeness (QED) is 0.878. The maximum atomic E-state index is 3.43. The van der Waals surface area contributed by atoms with Gasteiger partial charge in [0.1, 0.15) is 0 Å². The zero-order chi connectivity index (χ0) is 15.2. The minimum absolute atomic E-state index is 0.584. The molecule has 2 atom stereocenters. The molecule has 0 aromatic heterocycles. The number of aryl methyl sites for hydroxylation is 2. The van der Waals surface area contributed by atoms with Crippen LogP contribution in [0.15, 0.2) is 18.2 Å². The molecule has 2 heteroatoms. The van der Waals surface area contributed by atoms with Gasteiger partial charge >= 0.3 is 0 Å². The van der Waals surface area contributed by atoms with Gasteiger partial charge in [0.05, 0.1) is 0 Å². The molecule has 1 heterocycles. The molecule has 2 nitrogen and oxygen atoms in total. The molecule has 0 radical (unpaired) electrons. The van der Waals surface area contributed by atoms with Crippen LogP contribution in [0.5, 0.6) is 0 Å². The monoisotopic (exact) mass is 288 g/mol. The molecule has 1 aromatic carbocycles. The lowest BCUT2D eigenvalue weighted by molar-refractivity contribution is 0.154. The summed E-state index contributed by atoms with van der Waals surface area (Å²) in [5, 5.41) is 3.43. The summed E-state index contributed by atoms with van der Waals surface area (Å²) >= 11 is 0. The van der Waals surface area contributed by atoms with Gasteiger partial charge in [-0.15, -0.1) is 0 Å². The van der Waals surface area contributed by atoms with E-state index in [1.807, 2.05) is 0 Å². The van der Waals surface area contributed by atoms with Gasteiger partial charge in [0.15, 0.2) is 0 Å². The van der Waals surface area contributed by atoms with E-state index in [9.17, 15) is 0 Å².